The van der Waals surface area contributed by atoms with Crippen molar-refractivity contribution in [1.29, 1.82) is 5.26 Å². The third-order valence-electron chi connectivity index (χ3n) is 5.80. The number of ether oxygens (including phenoxy) is 1. The lowest BCUT2D eigenvalue weighted by molar-refractivity contribution is -0.123. The normalized spacial score (nSPS) is 13.9. The average molecular weight is 425 g/mol. The van der Waals surface area contributed by atoms with Crippen LogP contribution in [0.25, 0.3) is 0 Å². The van der Waals surface area contributed by atoms with Crippen LogP contribution in [0.15, 0.2) is 78.9 Å². The fourth-order valence-corrected chi connectivity index (χ4v) is 3.99. The van der Waals surface area contributed by atoms with E-state index in [1.807, 2.05) is 54.6 Å². The summed E-state index contributed by atoms with van der Waals surface area (Å²) in [5, 5.41) is 9.24. The third kappa shape index (κ3) is 5.04. The summed E-state index contributed by atoms with van der Waals surface area (Å²) in [7, 11) is 0. The molecule has 3 aromatic carbocycles. The first-order valence-corrected chi connectivity index (χ1v) is 10.8. The van der Waals surface area contributed by atoms with Gasteiger partial charge in [-0.25, -0.2) is 0 Å². The molecular formula is C27H24N2O3. The molecule has 1 amide bonds. The number of hydrogen-bond donors (Lipinski definition) is 0. The van der Waals surface area contributed by atoms with Gasteiger partial charge in [0.1, 0.15) is 17.3 Å². The van der Waals surface area contributed by atoms with Crippen molar-refractivity contribution in [2.45, 2.75) is 19.3 Å². The minimum atomic E-state index is -0.137. The van der Waals surface area contributed by atoms with Gasteiger partial charge >= 0.3 is 0 Å². The van der Waals surface area contributed by atoms with Crippen molar-refractivity contribution < 1.29 is 14.3 Å². The van der Waals surface area contributed by atoms with Crippen LogP contribution in [0.5, 0.6) is 11.5 Å². The van der Waals surface area contributed by atoms with Gasteiger partial charge in [0.15, 0.2) is 0 Å². The number of hydrogen-bond acceptors (Lipinski definition) is 4. The van der Waals surface area contributed by atoms with Crippen LogP contribution in [0.4, 0.5) is 0 Å². The fourth-order valence-electron chi connectivity index (χ4n) is 3.99. The molecule has 3 aromatic rings. The Morgan fingerprint density at radius 2 is 1.50 bits per heavy atom. The number of amides is 1. The van der Waals surface area contributed by atoms with Crippen LogP contribution in [0, 0.1) is 17.2 Å². The summed E-state index contributed by atoms with van der Waals surface area (Å²) in [5.74, 6) is 1.52. The van der Waals surface area contributed by atoms with E-state index in [2.05, 4.69) is 6.07 Å². The maximum atomic E-state index is 12.8. The zero-order valence-corrected chi connectivity index (χ0v) is 17.7. The molecule has 0 radical (unpaired) electrons. The number of para-hydroxylation sites is 1. The molecular weight excluding hydrogens is 400 g/mol. The van der Waals surface area contributed by atoms with Crippen LogP contribution in [0.3, 0.4) is 0 Å². The van der Waals surface area contributed by atoms with E-state index in [0.717, 1.165) is 17.1 Å². The Kier molecular flexibility index (Phi) is 6.62. The van der Waals surface area contributed by atoms with Gasteiger partial charge in [-0.1, -0.05) is 42.5 Å². The second-order valence-corrected chi connectivity index (χ2v) is 7.93. The highest BCUT2D eigenvalue weighted by atomic mass is 16.5. The molecule has 0 N–H and O–H groups in total. The molecule has 0 bridgehead atoms. The third-order valence-corrected chi connectivity index (χ3v) is 5.80. The van der Waals surface area contributed by atoms with Crippen molar-refractivity contribution in [3.05, 3.63) is 95.6 Å². The highest BCUT2D eigenvalue weighted by molar-refractivity contribution is 5.96. The molecule has 0 aromatic heterocycles. The Labute approximate surface area is 187 Å². The first-order valence-electron chi connectivity index (χ1n) is 10.8. The predicted octanol–water partition coefficient (Wildman–Crippen LogP) is 5.01. The van der Waals surface area contributed by atoms with Gasteiger partial charge in [0.25, 0.3) is 5.91 Å². The molecule has 0 spiro atoms. The quantitative estimate of drug-likeness (QED) is 0.557. The van der Waals surface area contributed by atoms with Gasteiger partial charge in [-0.15, -0.1) is 0 Å². The summed E-state index contributed by atoms with van der Waals surface area (Å²) in [5.41, 5.74) is 1.77. The summed E-state index contributed by atoms with van der Waals surface area (Å²) >= 11 is 0. The monoisotopic (exact) mass is 424 g/mol. The molecule has 32 heavy (non-hydrogen) atoms. The molecule has 0 aliphatic carbocycles. The van der Waals surface area contributed by atoms with Crippen molar-refractivity contribution in [3.63, 3.8) is 0 Å². The van der Waals surface area contributed by atoms with Gasteiger partial charge < -0.3 is 9.64 Å². The van der Waals surface area contributed by atoms with Crippen LogP contribution in [-0.2, 0) is 11.2 Å². The van der Waals surface area contributed by atoms with Crippen molar-refractivity contribution in [2.24, 2.45) is 5.92 Å². The second kappa shape index (κ2) is 9.93. The zero-order chi connectivity index (χ0) is 22.3. The Morgan fingerprint density at radius 3 is 2.19 bits per heavy atom. The Bertz CT molecular complexity index is 1130. The smallest absolute Gasteiger partial charge is 0.255 e. The summed E-state index contributed by atoms with van der Waals surface area (Å²) in [6, 6.07) is 26.1. The number of benzene rings is 3. The van der Waals surface area contributed by atoms with Crippen LogP contribution in [-0.4, -0.2) is 29.7 Å². The second-order valence-electron chi connectivity index (χ2n) is 7.93. The topological polar surface area (TPSA) is 70.4 Å². The summed E-state index contributed by atoms with van der Waals surface area (Å²) in [4.78, 5) is 27.3. The number of ketones is 1. The molecule has 1 aliphatic heterocycles. The van der Waals surface area contributed by atoms with E-state index in [1.54, 1.807) is 29.2 Å². The Balaban J connectivity index is 1.30. The Hall–Kier alpha value is -3.91. The summed E-state index contributed by atoms with van der Waals surface area (Å²) in [6.07, 6.45) is 1.67. The van der Waals surface area contributed by atoms with E-state index >= 15 is 0 Å². The summed E-state index contributed by atoms with van der Waals surface area (Å²) < 4.78 is 5.80. The molecule has 5 nitrogen and oxygen atoms in total. The molecule has 0 unspecified atom stereocenters. The number of nitrogens with zero attached hydrogens (tertiary/aromatic N) is 2. The average Bonchev–Trinajstić information content (AvgIpc) is 2.85. The standard InChI is InChI=1S/C27H24N2O3/c28-19-22-6-4-5-9-25(22)27(31)29-16-14-21(15-17-29)26(30)18-20-10-12-24(13-11-20)32-23-7-2-1-3-8-23/h1-13,21H,14-18H2. The van der Waals surface area contributed by atoms with E-state index in [1.165, 1.54) is 0 Å². The molecule has 160 valence electrons. The van der Waals surface area contributed by atoms with Gasteiger partial charge in [0.2, 0.25) is 0 Å². The fraction of sp³-hybridized carbons (Fsp3) is 0.222. The van der Waals surface area contributed by atoms with Crippen molar-refractivity contribution in [2.75, 3.05) is 13.1 Å². The maximum absolute atomic E-state index is 12.8. The summed E-state index contributed by atoms with van der Waals surface area (Å²) in [6.45, 7) is 1.05. The van der Waals surface area contributed by atoms with Crippen LogP contribution in [0.2, 0.25) is 0 Å². The van der Waals surface area contributed by atoms with E-state index in [0.29, 0.717) is 43.5 Å². The number of likely N-dealkylation sites (tertiary alicyclic amines) is 1. The van der Waals surface area contributed by atoms with E-state index in [-0.39, 0.29) is 17.6 Å². The SMILES string of the molecule is N#Cc1ccccc1C(=O)N1CCC(C(=O)Cc2ccc(Oc3ccccc3)cc2)CC1. The van der Waals surface area contributed by atoms with Gasteiger partial charge in [-0.05, 0) is 54.8 Å². The number of rotatable bonds is 6. The highest BCUT2D eigenvalue weighted by Crippen LogP contribution is 2.24. The molecule has 5 heteroatoms. The van der Waals surface area contributed by atoms with Gasteiger partial charge in [0, 0.05) is 25.4 Å². The first kappa shape index (κ1) is 21.3. The number of carbonyl (C=O) groups excluding carboxylic acids is 2. The first-order chi connectivity index (χ1) is 15.6. The van der Waals surface area contributed by atoms with Gasteiger partial charge in [-0.2, -0.15) is 5.26 Å². The number of piperidine rings is 1. The zero-order valence-electron chi connectivity index (χ0n) is 17.7. The maximum Gasteiger partial charge on any atom is 0.255 e. The molecule has 4 rings (SSSR count). The molecule has 1 fully saturated rings. The number of carbonyl (C=O) groups is 2. The van der Waals surface area contributed by atoms with E-state index in [4.69, 9.17) is 4.74 Å². The minimum Gasteiger partial charge on any atom is -0.457 e. The molecule has 1 saturated heterocycles. The number of nitriles is 1. The van der Waals surface area contributed by atoms with Gasteiger partial charge in [-0.3, -0.25) is 9.59 Å². The minimum absolute atomic E-state index is 0.0505. The molecule has 1 aliphatic rings. The lowest BCUT2D eigenvalue weighted by Crippen LogP contribution is -2.40. The molecule has 0 atom stereocenters. The van der Waals surface area contributed by atoms with Crippen molar-refractivity contribution in [3.8, 4) is 17.6 Å². The Morgan fingerprint density at radius 1 is 0.875 bits per heavy atom. The van der Waals surface area contributed by atoms with Crippen LogP contribution >= 0.6 is 0 Å². The number of Topliss-reactive ketones (excluding diaryl/α,β-unsaturated/α-hetero) is 1. The molecule has 1 heterocycles. The van der Waals surface area contributed by atoms with Crippen LogP contribution < -0.4 is 4.74 Å². The van der Waals surface area contributed by atoms with E-state index < -0.39 is 0 Å². The van der Waals surface area contributed by atoms with Crippen molar-refractivity contribution >= 4 is 11.7 Å². The van der Waals surface area contributed by atoms with E-state index in [9.17, 15) is 14.9 Å². The lowest BCUT2D eigenvalue weighted by Gasteiger charge is -2.31. The highest BCUT2D eigenvalue weighted by Gasteiger charge is 2.28. The molecule has 0 saturated carbocycles. The largest absolute Gasteiger partial charge is 0.457 e. The van der Waals surface area contributed by atoms with Gasteiger partial charge in [0.05, 0.1) is 17.2 Å². The predicted molar refractivity (Wildman–Crippen MR) is 121 cm³/mol. The van der Waals surface area contributed by atoms with Crippen molar-refractivity contribution in [1.82, 2.24) is 4.90 Å². The lowest BCUT2D eigenvalue weighted by atomic mass is 9.89. The van der Waals surface area contributed by atoms with Crippen LogP contribution in [0.1, 0.15) is 34.3 Å².